The zero-order valence-corrected chi connectivity index (χ0v) is 27.0. The van der Waals surface area contributed by atoms with Crippen molar-refractivity contribution in [3.05, 3.63) is 90.5 Å². The van der Waals surface area contributed by atoms with Gasteiger partial charge in [-0.05, 0) is 111 Å². The summed E-state index contributed by atoms with van der Waals surface area (Å²) in [5, 5.41) is 0. The van der Waals surface area contributed by atoms with Gasteiger partial charge in [0.05, 0.1) is 23.8 Å². The van der Waals surface area contributed by atoms with Gasteiger partial charge >= 0.3 is 12.1 Å². The number of esters is 1. The summed E-state index contributed by atoms with van der Waals surface area (Å²) in [6.07, 6.45) is 8.44. The van der Waals surface area contributed by atoms with Gasteiger partial charge in [-0.2, -0.15) is 25.8 Å². The van der Waals surface area contributed by atoms with Crippen LogP contribution in [0.1, 0.15) is 93.5 Å². The lowest BCUT2D eigenvalue weighted by Gasteiger charge is -2.19. The summed E-state index contributed by atoms with van der Waals surface area (Å²) in [4.78, 5) is 12.7. The monoisotopic (exact) mass is 642 g/mol. The van der Waals surface area contributed by atoms with E-state index in [1.165, 1.54) is 38.2 Å². The Balaban J connectivity index is 1.52. The Morgan fingerprint density at radius 1 is 0.822 bits per heavy atom. The molecule has 0 unspecified atom stereocenters. The molecule has 3 aromatic rings. The van der Waals surface area contributed by atoms with Gasteiger partial charge in [0.25, 0.3) is 0 Å². The molecular formula is C37H45F3O4S. The number of ether oxygens (including phenoxy) is 3. The zero-order valence-electron chi connectivity index (χ0n) is 26.1. The van der Waals surface area contributed by atoms with E-state index in [4.69, 9.17) is 14.2 Å². The molecule has 0 saturated carbocycles. The molecule has 45 heavy (non-hydrogen) atoms. The van der Waals surface area contributed by atoms with Gasteiger partial charge in [-0.1, -0.05) is 56.4 Å². The molecule has 0 N–H and O–H groups in total. The number of carbonyl (C=O) groups is 1. The molecule has 244 valence electrons. The van der Waals surface area contributed by atoms with Crippen LogP contribution in [0.3, 0.4) is 0 Å². The van der Waals surface area contributed by atoms with Crippen LogP contribution in [0.25, 0.3) is 11.1 Å². The molecule has 3 rings (SSSR count). The average molecular weight is 643 g/mol. The van der Waals surface area contributed by atoms with E-state index in [-0.39, 0.29) is 17.6 Å². The fourth-order valence-corrected chi connectivity index (χ4v) is 5.11. The van der Waals surface area contributed by atoms with Crippen molar-refractivity contribution >= 4 is 18.6 Å². The summed E-state index contributed by atoms with van der Waals surface area (Å²) in [5.41, 5.74) is 0.481. The number of alkyl halides is 3. The van der Waals surface area contributed by atoms with Crippen LogP contribution in [0.5, 0.6) is 17.2 Å². The number of hydrogen-bond donors (Lipinski definition) is 1. The third kappa shape index (κ3) is 12.9. The van der Waals surface area contributed by atoms with Crippen molar-refractivity contribution in [1.82, 2.24) is 0 Å². The minimum atomic E-state index is -4.57. The van der Waals surface area contributed by atoms with Gasteiger partial charge in [0, 0.05) is 0 Å². The van der Waals surface area contributed by atoms with Crippen LogP contribution in [0.2, 0.25) is 0 Å². The molecule has 0 aliphatic heterocycles. The normalized spacial score (nSPS) is 12.0. The number of carbonyl (C=O) groups excluding carboxylic acids is 1. The minimum absolute atomic E-state index is 0.185. The van der Waals surface area contributed by atoms with Gasteiger partial charge in [0.15, 0.2) is 0 Å². The Kier molecular flexibility index (Phi) is 15.4. The van der Waals surface area contributed by atoms with E-state index in [1.807, 2.05) is 6.08 Å². The molecule has 0 spiro atoms. The standard InChI is InChI=1S/C37H45F3O4S/c1-3-4-5-11-14-28(2)43-35-24-19-31(27-34(35)37(38,39)40)29-15-22-33(23-16-29)44-36(41)30-17-20-32(21-18-30)42-25-12-9-7-6-8-10-13-26-45/h3,15-24,27-28,45H,1,4-14,25-26H2,2H3/t28-/m1/s1. The molecule has 8 heteroatoms. The molecule has 0 heterocycles. The first-order valence-electron chi connectivity index (χ1n) is 15.9. The maximum absolute atomic E-state index is 13.9. The average Bonchev–Trinajstić information content (AvgIpc) is 3.02. The first-order chi connectivity index (χ1) is 21.7. The summed E-state index contributed by atoms with van der Waals surface area (Å²) < 4.78 is 58.8. The third-order valence-electron chi connectivity index (χ3n) is 7.44. The molecule has 4 nitrogen and oxygen atoms in total. The van der Waals surface area contributed by atoms with Crippen LogP contribution in [0.4, 0.5) is 13.2 Å². The smallest absolute Gasteiger partial charge is 0.419 e. The Morgan fingerprint density at radius 2 is 1.44 bits per heavy atom. The number of halogens is 3. The van der Waals surface area contributed by atoms with E-state index in [1.54, 1.807) is 61.5 Å². The second-order valence-electron chi connectivity index (χ2n) is 11.2. The second kappa shape index (κ2) is 19.2. The van der Waals surface area contributed by atoms with Gasteiger partial charge in [-0.25, -0.2) is 4.79 Å². The number of allylic oxidation sites excluding steroid dienone is 1. The fourth-order valence-electron chi connectivity index (χ4n) is 4.89. The highest BCUT2D eigenvalue weighted by molar-refractivity contribution is 7.80. The van der Waals surface area contributed by atoms with Crippen molar-refractivity contribution in [1.29, 1.82) is 0 Å². The topological polar surface area (TPSA) is 44.8 Å². The highest BCUT2D eigenvalue weighted by atomic mass is 32.1. The second-order valence-corrected chi connectivity index (χ2v) is 11.6. The fraction of sp³-hybridized carbons (Fsp3) is 0.432. The van der Waals surface area contributed by atoms with E-state index in [0.717, 1.165) is 43.9 Å². The van der Waals surface area contributed by atoms with E-state index in [0.29, 0.717) is 35.5 Å². The van der Waals surface area contributed by atoms with Crippen LogP contribution in [0.15, 0.2) is 79.4 Å². The van der Waals surface area contributed by atoms with Crippen LogP contribution >= 0.6 is 12.6 Å². The van der Waals surface area contributed by atoms with Crippen LogP contribution in [0, 0.1) is 0 Å². The Labute approximate surface area is 271 Å². The predicted octanol–water partition coefficient (Wildman–Crippen LogP) is 11.1. The van der Waals surface area contributed by atoms with Gasteiger partial charge in [-0.3, -0.25) is 0 Å². The summed E-state index contributed by atoms with van der Waals surface area (Å²) in [6.45, 7) is 6.09. The quantitative estimate of drug-likeness (QED) is 0.0438. The minimum Gasteiger partial charge on any atom is -0.494 e. The van der Waals surface area contributed by atoms with E-state index in [2.05, 4.69) is 19.2 Å². The van der Waals surface area contributed by atoms with Crippen LogP contribution in [-0.2, 0) is 6.18 Å². The Morgan fingerprint density at radius 3 is 2.09 bits per heavy atom. The third-order valence-corrected chi connectivity index (χ3v) is 7.76. The zero-order chi connectivity index (χ0) is 32.5. The molecule has 0 saturated heterocycles. The summed E-state index contributed by atoms with van der Waals surface area (Å²) in [7, 11) is 0. The van der Waals surface area contributed by atoms with Crippen molar-refractivity contribution in [3.63, 3.8) is 0 Å². The molecule has 0 radical (unpaired) electrons. The van der Waals surface area contributed by atoms with Crippen molar-refractivity contribution in [3.8, 4) is 28.4 Å². The summed E-state index contributed by atoms with van der Waals surface area (Å²) in [6, 6.07) is 17.2. The number of thiol groups is 1. The first-order valence-corrected chi connectivity index (χ1v) is 16.5. The van der Waals surface area contributed by atoms with Crippen molar-refractivity contribution in [2.75, 3.05) is 12.4 Å². The number of rotatable bonds is 20. The Bertz CT molecular complexity index is 1310. The molecule has 0 aliphatic carbocycles. The SMILES string of the molecule is C=CCCCC[C@@H](C)Oc1ccc(-c2ccc(OC(=O)c3ccc(OCCCCCCCCCS)cc3)cc2)cc1C(F)(F)F. The number of unbranched alkanes of at least 4 members (excludes halogenated alkanes) is 8. The Hall–Kier alpha value is -3.39. The van der Waals surface area contributed by atoms with Gasteiger partial charge in [-0.15, -0.1) is 6.58 Å². The molecular weight excluding hydrogens is 597 g/mol. The molecule has 0 bridgehead atoms. The van der Waals surface area contributed by atoms with E-state index >= 15 is 0 Å². The van der Waals surface area contributed by atoms with Crippen molar-refractivity contribution in [2.24, 2.45) is 0 Å². The molecule has 0 fully saturated rings. The van der Waals surface area contributed by atoms with Crippen LogP contribution in [-0.4, -0.2) is 24.4 Å². The van der Waals surface area contributed by atoms with Crippen LogP contribution < -0.4 is 14.2 Å². The van der Waals surface area contributed by atoms with Crippen molar-refractivity contribution < 1.29 is 32.2 Å². The molecule has 0 aliphatic rings. The molecule has 0 aromatic heterocycles. The summed E-state index contributed by atoms with van der Waals surface area (Å²) in [5.74, 6) is 1.22. The highest BCUT2D eigenvalue weighted by Crippen LogP contribution is 2.39. The highest BCUT2D eigenvalue weighted by Gasteiger charge is 2.35. The lowest BCUT2D eigenvalue weighted by atomic mass is 10.0. The number of hydrogen-bond acceptors (Lipinski definition) is 5. The molecule has 1 atom stereocenters. The number of benzene rings is 3. The predicted molar refractivity (Wildman–Crippen MR) is 179 cm³/mol. The van der Waals surface area contributed by atoms with E-state index < -0.39 is 17.7 Å². The maximum atomic E-state index is 13.9. The van der Waals surface area contributed by atoms with Gasteiger partial charge < -0.3 is 14.2 Å². The molecule has 3 aromatic carbocycles. The van der Waals surface area contributed by atoms with E-state index in [9.17, 15) is 18.0 Å². The molecule has 0 amide bonds. The van der Waals surface area contributed by atoms with Crippen molar-refractivity contribution in [2.45, 2.75) is 89.8 Å². The van der Waals surface area contributed by atoms with Gasteiger partial charge in [0.1, 0.15) is 17.2 Å². The van der Waals surface area contributed by atoms with Gasteiger partial charge in [0.2, 0.25) is 0 Å². The first kappa shape index (κ1) is 36.1. The largest absolute Gasteiger partial charge is 0.494 e. The lowest BCUT2D eigenvalue weighted by molar-refractivity contribution is -0.139. The lowest BCUT2D eigenvalue weighted by Crippen LogP contribution is -2.16. The summed E-state index contributed by atoms with van der Waals surface area (Å²) >= 11 is 4.23. The maximum Gasteiger partial charge on any atom is 0.419 e.